The molecule has 3 nitrogen and oxygen atoms in total. The van der Waals surface area contributed by atoms with Crippen molar-refractivity contribution in [1.29, 1.82) is 0 Å². The van der Waals surface area contributed by atoms with Gasteiger partial charge in [0.1, 0.15) is 0 Å². The van der Waals surface area contributed by atoms with Crippen LogP contribution in [0.25, 0.3) is 50.5 Å². The van der Waals surface area contributed by atoms with Gasteiger partial charge in [0.05, 0.1) is 17.1 Å². The molecule has 0 saturated carbocycles. The van der Waals surface area contributed by atoms with Crippen LogP contribution >= 0.6 is 0 Å². The van der Waals surface area contributed by atoms with Gasteiger partial charge in [0.25, 0.3) is 0 Å². The van der Waals surface area contributed by atoms with E-state index in [-0.39, 0.29) is 5.92 Å². The molecule has 1 aliphatic heterocycles. The molecule has 2 unspecified atom stereocenters. The predicted octanol–water partition coefficient (Wildman–Crippen LogP) is 15.8. The summed E-state index contributed by atoms with van der Waals surface area (Å²) < 4.78 is 0. The van der Waals surface area contributed by atoms with Crippen LogP contribution in [0.3, 0.4) is 0 Å². The number of aliphatic imine (C=N–C) groups is 1. The third kappa shape index (κ3) is 8.78. The summed E-state index contributed by atoms with van der Waals surface area (Å²) in [6, 6.07) is 70.0. The molecule has 11 rings (SSSR count). The van der Waals surface area contributed by atoms with Crippen LogP contribution in [-0.4, -0.2) is 15.7 Å². The van der Waals surface area contributed by atoms with Gasteiger partial charge in [-0.15, -0.1) is 0 Å². The average molecular weight is 874 g/mol. The summed E-state index contributed by atoms with van der Waals surface area (Å²) in [6.07, 6.45) is 15.8. The number of benzene rings is 7. The van der Waals surface area contributed by atoms with Crippen molar-refractivity contribution in [3.8, 4) is 45.5 Å². The molecule has 0 radical (unpaired) electrons. The molecule has 0 fully saturated rings. The second-order valence-electron chi connectivity index (χ2n) is 18.1. The highest BCUT2D eigenvalue weighted by Crippen LogP contribution is 2.42. The van der Waals surface area contributed by atoms with Crippen molar-refractivity contribution >= 4 is 22.6 Å². The number of rotatable bonds is 11. The molecule has 2 aliphatic carbocycles. The Morgan fingerprint density at radius 1 is 0.529 bits per heavy atom. The fraction of sp³-hybridized carbons (Fsp3) is 0.123. The van der Waals surface area contributed by atoms with Crippen molar-refractivity contribution in [2.75, 3.05) is 0 Å². The molecule has 0 spiro atoms. The first-order chi connectivity index (χ1) is 33.5. The van der Waals surface area contributed by atoms with E-state index in [0.717, 1.165) is 94.1 Å². The summed E-state index contributed by atoms with van der Waals surface area (Å²) in [5, 5.41) is 0. The molecule has 2 atom stereocenters. The molecule has 7 aromatic carbocycles. The van der Waals surface area contributed by atoms with Crippen LogP contribution in [0.15, 0.2) is 229 Å². The Hall–Kier alpha value is -8.19. The third-order valence-corrected chi connectivity index (χ3v) is 13.8. The van der Waals surface area contributed by atoms with Gasteiger partial charge in [0.15, 0.2) is 5.82 Å². The zero-order valence-corrected chi connectivity index (χ0v) is 38.3. The molecule has 0 bridgehead atoms. The van der Waals surface area contributed by atoms with E-state index in [1.807, 2.05) is 0 Å². The van der Waals surface area contributed by atoms with Crippen LogP contribution in [0.5, 0.6) is 0 Å². The lowest BCUT2D eigenvalue weighted by Gasteiger charge is -2.32. The van der Waals surface area contributed by atoms with Gasteiger partial charge in [-0.2, -0.15) is 0 Å². The van der Waals surface area contributed by atoms with E-state index in [1.165, 1.54) is 39.0 Å². The number of hydrogen-bond donors (Lipinski definition) is 0. The van der Waals surface area contributed by atoms with E-state index in [1.54, 1.807) is 0 Å². The monoisotopic (exact) mass is 873 g/mol. The van der Waals surface area contributed by atoms with Crippen LogP contribution < -0.4 is 0 Å². The number of hydrogen-bond acceptors (Lipinski definition) is 3. The Morgan fingerprint density at radius 2 is 1.15 bits per heavy atom. The van der Waals surface area contributed by atoms with Crippen molar-refractivity contribution < 1.29 is 0 Å². The molecular formula is C65H51N3. The van der Waals surface area contributed by atoms with Crippen LogP contribution in [0.1, 0.15) is 89.7 Å². The topological polar surface area (TPSA) is 38.1 Å². The Bertz CT molecular complexity index is 3340. The lowest BCUT2D eigenvalue weighted by Crippen LogP contribution is -2.25. The van der Waals surface area contributed by atoms with Crippen molar-refractivity contribution in [3.63, 3.8) is 0 Å². The Morgan fingerprint density at radius 3 is 1.84 bits per heavy atom. The Labute approximate surface area is 400 Å². The largest absolute Gasteiger partial charge is 0.252 e. The Kier molecular flexibility index (Phi) is 11.8. The van der Waals surface area contributed by atoms with Crippen LogP contribution in [0.2, 0.25) is 0 Å². The second-order valence-corrected chi connectivity index (χ2v) is 18.1. The normalized spacial score (nSPS) is 16.3. The van der Waals surface area contributed by atoms with Crippen molar-refractivity contribution in [1.82, 2.24) is 9.97 Å². The summed E-state index contributed by atoms with van der Waals surface area (Å²) in [5.74, 6) is 7.35. The van der Waals surface area contributed by atoms with Gasteiger partial charge in [0, 0.05) is 46.6 Å². The van der Waals surface area contributed by atoms with E-state index in [9.17, 15) is 0 Å². The number of allylic oxidation sites excluding steroid dienone is 7. The highest BCUT2D eigenvalue weighted by molar-refractivity contribution is 6.05. The molecule has 3 heteroatoms. The maximum atomic E-state index is 5.37. The smallest absolute Gasteiger partial charge is 0.160 e. The minimum Gasteiger partial charge on any atom is -0.252 e. The highest BCUT2D eigenvalue weighted by Gasteiger charge is 2.32. The molecule has 3 aliphatic rings. The van der Waals surface area contributed by atoms with Crippen molar-refractivity contribution in [2.24, 2.45) is 4.99 Å². The highest BCUT2D eigenvalue weighted by atomic mass is 14.9. The lowest BCUT2D eigenvalue weighted by atomic mass is 9.71. The van der Waals surface area contributed by atoms with Gasteiger partial charge >= 0.3 is 0 Å². The standard InChI is InChI=1S/C65H51N3/c1-65(57-31-15-6-16-32-57,58-37-33-49(34-38-58)61-44-56(43-60(66-61)48-23-11-4-12-24-48)54-29-17-27-52(41-54)46-19-7-2-8-20-46)59-39-35-50(36-40-59)62-45-63(68-64(67-62)51-25-13-5-14-26-51)55-30-18-28-53(42-55)47-21-9-3-10-22-47/h3-4,6,9-13,15-18,20-42,44-45,56H,5,7,14,19,43H2,1H3. The lowest BCUT2D eigenvalue weighted by molar-refractivity contribution is 0.692. The molecule has 1 aromatic heterocycles. The molecule has 8 aromatic rings. The summed E-state index contributed by atoms with van der Waals surface area (Å²) >= 11 is 0. The van der Waals surface area contributed by atoms with Crippen LogP contribution in [-0.2, 0) is 5.41 Å². The first-order valence-corrected chi connectivity index (χ1v) is 23.9. The molecule has 68 heavy (non-hydrogen) atoms. The van der Waals surface area contributed by atoms with E-state index < -0.39 is 5.41 Å². The first kappa shape index (κ1) is 42.4. The van der Waals surface area contributed by atoms with Gasteiger partial charge < -0.3 is 0 Å². The SMILES string of the molecule is CC(c1ccccc1)(c1ccc(C2=CC(c3cccc(C4=CC#CCC4)c3)CC(c3ccccc3)=N2)cc1)c1ccc(-c2cc(-c3cccc(-c4ccccc4)c3)nc(C3=CCCC=C3)n2)cc1. The van der Waals surface area contributed by atoms with Gasteiger partial charge in [-0.1, -0.05) is 218 Å². The molecule has 2 heterocycles. The number of nitrogens with zero attached hydrogens (tertiary/aromatic N) is 3. The van der Waals surface area contributed by atoms with Crippen LogP contribution in [0.4, 0.5) is 0 Å². The summed E-state index contributed by atoms with van der Waals surface area (Å²) in [5.41, 5.74) is 18.7. The average Bonchev–Trinajstić information content (AvgIpc) is 3.44. The zero-order chi connectivity index (χ0) is 45.7. The quantitative estimate of drug-likeness (QED) is 0.0959. The van der Waals surface area contributed by atoms with Gasteiger partial charge in [-0.25, -0.2) is 9.97 Å². The van der Waals surface area contributed by atoms with Crippen molar-refractivity contribution in [3.05, 3.63) is 269 Å². The Balaban J connectivity index is 0.947. The summed E-state index contributed by atoms with van der Waals surface area (Å²) in [7, 11) is 0. The van der Waals surface area contributed by atoms with Gasteiger partial charge in [-0.05, 0) is 100 Å². The molecule has 0 amide bonds. The van der Waals surface area contributed by atoms with Gasteiger partial charge in [-0.3, -0.25) is 4.99 Å². The molecule has 0 N–H and O–H groups in total. The van der Waals surface area contributed by atoms with Crippen LogP contribution in [0, 0.1) is 11.8 Å². The minimum atomic E-state index is -0.448. The molecule has 0 saturated heterocycles. The van der Waals surface area contributed by atoms with E-state index in [0.29, 0.717) is 0 Å². The fourth-order valence-corrected chi connectivity index (χ4v) is 9.91. The van der Waals surface area contributed by atoms with E-state index >= 15 is 0 Å². The summed E-state index contributed by atoms with van der Waals surface area (Å²) in [4.78, 5) is 15.8. The molecule has 326 valence electrons. The van der Waals surface area contributed by atoms with Crippen molar-refractivity contribution in [2.45, 2.75) is 50.4 Å². The van der Waals surface area contributed by atoms with E-state index in [4.69, 9.17) is 15.0 Å². The van der Waals surface area contributed by atoms with Gasteiger partial charge in [0.2, 0.25) is 0 Å². The second kappa shape index (κ2) is 19.0. The minimum absolute atomic E-state index is 0.179. The third-order valence-electron chi connectivity index (χ3n) is 13.8. The first-order valence-electron chi connectivity index (χ1n) is 23.9. The predicted molar refractivity (Wildman–Crippen MR) is 283 cm³/mol. The maximum Gasteiger partial charge on any atom is 0.160 e. The fourth-order valence-electron chi connectivity index (χ4n) is 9.91. The van der Waals surface area contributed by atoms with E-state index in [2.05, 4.69) is 243 Å². The molecular weight excluding hydrogens is 823 g/mol. The zero-order valence-electron chi connectivity index (χ0n) is 38.3. The number of aromatic nitrogens is 2. The summed E-state index contributed by atoms with van der Waals surface area (Å²) in [6.45, 7) is 2.34. The maximum absolute atomic E-state index is 5.37.